The SMILES string of the molecule is CCC1CN(C(=O)NC2[C@H]3CNC[C@@H]23)CC(C)S1(=O)=O. The Morgan fingerprint density at radius 2 is 1.95 bits per heavy atom. The van der Waals surface area contributed by atoms with E-state index in [9.17, 15) is 13.2 Å². The zero-order chi connectivity index (χ0) is 14.5. The summed E-state index contributed by atoms with van der Waals surface area (Å²) in [6.45, 7) is 6.18. The van der Waals surface area contributed by atoms with E-state index in [-0.39, 0.29) is 12.1 Å². The van der Waals surface area contributed by atoms with E-state index in [2.05, 4.69) is 10.6 Å². The molecule has 2 N–H and O–H groups in total. The van der Waals surface area contributed by atoms with Crippen molar-refractivity contribution in [2.45, 2.75) is 36.8 Å². The number of hydrogen-bond acceptors (Lipinski definition) is 4. The van der Waals surface area contributed by atoms with Crippen molar-refractivity contribution in [2.24, 2.45) is 11.8 Å². The van der Waals surface area contributed by atoms with Crippen molar-refractivity contribution >= 4 is 15.9 Å². The van der Waals surface area contributed by atoms with Gasteiger partial charge in [0.05, 0.1) is 10.5 Å². The van der Waals surface area contributed by atoms with Gasteiger partial charge in [0.1, 0.15) is 0 Å². The maximum absolute atomic E-state index is 12.3. The molecule has 0 radical (unpaired) electrons. The Morgan fingerprint density at radius 3 is 2.55 bits per heavy atom. The van der Waals surface area contributed by atoms with Crippen molar-refractivity contribution in [3.05, 3.63) is 0 Å². The summed E-state index contributed by atoms with van der Waals surface area (Å²) in [6.07, 6.45) is 0.565. The molecule has 6 nitrogen and oxygen atoms in total. The first-order valence-corrected chi connectivity index (χ1v) is 9.05. The molecule has 2 saturated heterocycles. The molecule has 0 aromatic heterocycles. The molecule has 1 saturated carbocycles. The van der Waals surface area contributed by atoms with Crippen LogP contribution in [0.4, 0.5) is 4.79 Å². The van der Waals surface area contributed by atoms with Crippen molar-refractivity contribution in [3.63, 3.8) is 0 Å². The van der Waals surface area contributed by atoms with Crippen LogP contribution in [0, 0.1) is 11.8 Å². The molecule has 1 aliphatic carbocycles. The highest BCUT2D eigenvalue weighted by Crippen LogP contribution is 2.41. The fourth-order valence-electron chi connectivity index (χ4n) is 3.56. The largest absolute Gasteiger partial charge is 0.335 e. The molecule has 3 unspecified atom stereocenters. The molecule has 2 amide bonds. The molecule has 0 bridgehead atoms. The van der Waals surface area contributed by atoms with Gasteiger partial charge < -0.3 is 15.5 Å². The maximum Gasteiger partial charge on any atom is 0.317 e. The van der Waals surface area contributed by atoms with Gasteiger partial charge >= 0.3 is 6.03 Å². The van der Waals surface area contributed by atoms with Gasteiger partial charge in [-0.3, -0.25) is 0 Å². The molecule has 3 aliphatic rings. The first-order valence-electron chi connectivity index (χ1n) is 7.44. The van der Waals surface area contributed by atoms with E-state index in [4.69, 9.17) is 0 Å². The van der Waals surface area contributed by atoms with Crippen LogP contribution in [0.3, 0.4) is 0 Å². The molecule has 3 fully saturated rings. The van der Waals surface area contributed by atoms with E-state index in [0.29, 0.717) is 31.3 Å². The number of sulfone groups is 1. The number of urea groups is 1. The van der Waals surface area contributed by atoms with Crippen LogP contribution in [-0.2, 0) is 9.84 Å². The van der Waals surface area contributed by atoms with Crippen molar-refractivity contribution < 1.29 is 13.2 Å². The van der Waals surface area contributed by atoms with Crippen molar-refractivity contribution in [2.75, 3.05) is 26.2 Å². The summed E-state index contributed by atoms with van der Waals surface area (Å²) in [4.78, 5) is 14.0. The second kappa shape index (κ2) is 4.87. The van der Waals surface area contributed by atoms with Crippen molar-refractivity contribution in [1.29, 1.82) is 0 Å². The number of nitrogens with one attached hydrogen (secondary N) is 2. The molecule has 7 heteroatoms. The number of carbonyl (C=O) groups excluding carboxylic acids is 1. The van der Waals surface area contributed by atoms with Crippen LogP contribution >= 0.6 is 0 Å². The average molecular weight is 301 g/mol. The van der Waals surface area contributed by atoms with Gasteiger partial charge in [-0.15, -0.1) is 0 Å². The molecule has 5 atom stereocenters. The third kappa shape index (κ3) is 2.20. The third-order valence-corrected chi connectivity index (χ3v) is 7.73. The number of carbonyl (C=O) groups is 1. The molecule has 2 heterocycles. The number of nitrogens with zero attached hydrogens (tertiary/aromatic N) is 1. The summed E-state index contributed by atoms with van der Waals surface area (Å²) in [5.41, 5.74) is 0. The van der Waals surface area contributed by atoms with Gasteiger partial charge in [-0.2, -0.15) is 0 Å². The Balaban J connectivity index is 1.61. The lowest BCUT2D eigenvalue weighted by Crippen LogP contribution is -2.56. The molecule has 2 aliphatic heterocycles. The van der Waals surface area contributed by atoms with E-state index in [1.165, 1.54) is 0 Å². The highest BCUT2D eigenvalue weighted by molar-refractivity contribution is 7.92. The zero-order valence-electron chi connectivity index (χ0n) is 12.0. The van der Waals surface area contributed by atoms with Crippen LogP contribution in [0.5, 0.6) is 0 Å². The minimum Gasteiger partial charge on any atom is -0.335 e. The van der Waals surface area contributed by atoms with Gasteiger partial charge in [-0.25, -0.2) is 13.2 Å². The van der Waals surface area contributed by atoms with Gasteiger partial charge in [-0.1, -0.05) is 6.92 Å². The lowest BCUT2D eigenvalue weighted by molar-refractivity contribution is 0.192. The van der Waals surface area contributed by atoms with Gasteiger partial charge in [-0.05, 0) is 25.2 Å². The normalized spacial score (nSPS) is 42.1. The summed E-state index contributed by atoms with van der Waals surface area (Å²) in [5, 5.41) is 5.48. The summed E-state index contributed by atoms with van der Waals surface area (Å²) in [7, 11) is -3.08. The quantitative estimate of drug-likeness (QED) is 0.741. The second-order valence-electron chi connectivity index (χ2n) is 6.30. The number of piperidine rings is 1. The number of amides is 2. The first kappa shape index (κ1) is 14.1. The molecule has 0 aromatic rings. The Kier molecular flexibility index (Phi) is 3.44. The Labute approximate surface area is 120 Å². The highest BCUT2D eigenvalue weighted by atomic mass is 32.2. The predicted molar refractivity (Wildman–Crippen MR) is 76.2 cm³/mol. The lowest BCUT2D eigenvalue weighted by Gasteiger charge is -2.36. The van der Waals surface area contributed by atoms with Crippen LogP contribution in [0.25, 0.3) is 0 Å². The van der Waals surface area contributed by atoms with E-state index in [1.54, 1.807) is 11.8 Å². The summed E-state index contributed by atoms with van der Waals surface area (Å²) in [6, 6.07) is 0.197. The highest BCUT2D eigenvalue weighted by Gasteiger charge is 2.54. The molecule has 0 spiro atoms. The van der Waals surface area contributed by atoms with E-state index in [1.807, 2.05) is 6.92 Å². The smallest absolute Gasteiger partial charge is 0.317 e. The Morgan fingerprint density at radius 1 is 1.30 bits per heavy atom. The first-order chi connectivity index (χ1) is 9.45. The summed E-state index contributed by atoms with van der Waals surface area (Å²) < 4.78 is 24.3. The molecular weight excluding hydrogens is 278 g/mol. The van der Waals surface area contributed by atoms with E-state index < -0.39 is 20.3 Å². The average Bonchev–Trinajstić information content (AvgIpc) is 2.85. The monoisotopic (exact) mass is 301 g/mol. The van der Waals surface area contributed by atoms with Gasteiger partial charge in [0, 0.05) is 32.2 Å². The fourth-order valence-corrected chi connectivity index (χ4v) is 5.46. The van der Waals surface area contributed by atoms with E-state index >= 15 is 0 Å². The molecule has 0 aromatic carbocycles. The second-order valence-corrected chi connectivity index (χ2v) is 8.95. The van der Waals surface area contributed by atoms with Crippen LogP contribution < -0.4 is 10.6 Å². The molecular formula is C13H23N3O3S. The van der Waals surface area contributed by atoms with E-state index in [0.717, 1.165) is 13.1 Å². The topological polar surface area (TPSA) is 78.5 Å². The third-order valence-electron chi connectivity index (χ3n) is 5.05. The van der Waals surface area contributed by atoms with Crippen LogP contribution in [-0.4, -0.2) is 62.1 Å². The molecule has 20 heavy (non-hydrogen) atoms. The predicted octanol–water partition coefficient (Wildman–Crippen LogP) is -0.189. The molecule has 3 rings (SSSR count). The molecule has 114 valence electrons. The maximum atomic E-state index is 12.3. The van der Waals surface area contributed by atoms with Crippen molar-refractivity contribution in [1.82, 2.24) is 15.5 Å². The lowest BCUT2D eigenvalue weighted by atomic mass is 10.3. The van der Waals surface area contributed by atoms with Crippen LogP contribution in [0.1, 0.15) is 20.3 Å². The minimum absolute atomic E-state index is 0.0930. The Hall–Kier alpha value is -0.820. The van der Waals surface area contributed by atoms with Gasteiger partial charge in [0.25, 0.3) is 0 Å². The standard InChI is InChI=1S/C13H23N3O3S/c1-3-9-7-16(6-8(2)20(9,18)19)13(17)15-12-10-4-14-5-11(10)12/h8-12,14H,3-7H2,1-2H3,(H,15,17)/t8?,9?,10-,11+,12?. The number of hydrogen-bond donors (Lipinski definition) is 2. The number of rotatable bonds is 2. The summed E-state index contributed by atoms with van der Waals surface area (Å²) >= 11 is 0. The van der Waals surface area contributed by atoms with Gasteiger partial charge in [0.2, 0.25) is 0 Å². The zero-order valence-corrected chi connectivity index (χ0v) is 12.8. The van der Waals surface area contributed by atoms with Gasteiger partial charge in [0.15, 0.2) is 9.84 Å². The minimum atomic E-state index is -3.08. The summed E-state index contributed by atoms with van der Waals surface area (Å²) in [5.74, 6) is 1.15. The van der Waals surface area contributed by atoms with Crippen LogP contribution in [0.2, 0.25) is 0 Å². The number of fused-ring (bicyclic) bond motifs is 1. The van der Waals surface area contributed by atoms with Crippen molar-refractivity contribution in [3.8, 4) is 0 Å². The fraction of sp³-hybridized carbons (Fsp3) is 0.923. The van der Waals surface area contributed by atoms with Crippen LogP contribution in [0.15, 0.2) is 0 Å². The Bertz CT molecular complexity index is 497.